The lowest BCUT2D eigenvalue weighted by molar-refractivity contribution is -0.251. The molecule has 0 spiro atoms. The molecule has 0 amide bonds. The molecular formula is C25H24N2O7. The van der Waals surface area contributed by atoms with Gasteiger partial charge >= 0.3 is 0 Å². The number of nitriles is 1. The molecular weight excluding hydrogens is 440 g/mol. The maximum atomic E-state index is 13.7. The Labute approximate surface area is 195 Å². The van der Waals surface area contributed by atoms with Crippen molar-refractivity contribution >= 4 is 0 Å². The molecule has 1 aliphatic heterocycles. The van der Waals surface area contributed by atoms with Crippen LogP contribution in [0.4, 0.5) is 0 Å². The second-order valence-electron chi connectivity index (χ2n) is 7.92. The molecule has 2 heterocycles. The zero-order valence-electron chi connectivity index (χ0n) is 18.3. The van der Waals surface area contributed by atoms with Crippen molar-refractivity contribution in [3.05, 3.63) is 76.6 Å². The number of hydrogen-bond acceptors (Lipinski definition) is 8. The number of aliphatic hydroxyl groups is 4. The number of pyridine rings is 1. The number of hydrogen-bond donors (Lipinski definition) is 4. The molecule has 0 radical (unpaired) electrons. The van der Waals surface area contributed by atoms with Crippen LogP contribution < -0.4 is 10.3 Å². The van der Waals surface area contributed by atoms with E-state index in [9.17, 15) is 30.5 Å². The average molecular weight is 464 g/mol. The first-order valence-electron chi connectivity index (χ1n) is 10.6. The van der Waals surface area contributed by atoms with Gasteiger partial charge in [-0.15, -0.1) is 0 Å². The Hall–Kier alpha value is -3.52. The zero-order valence-corrected chi connectivity index (χ0v) is 18.3. The van der Waals surface area contributed by atoms with Crippen LogP contribution in [0.3, 0.4) is 0 Å². The smallest absolute Gasteiger partial charge is 0.271 e. The number of rotatable bonds is 5. The molecule has 34 heavy (non-hydrogen) atoms. The van der Waals surface area contributed by atoms with E-state index < -0.39 is 42.8 Å². The number of aliphatic hydroxyl groups excluding tert-OH is 4. The Morgan fingerprint density at radius 3 is 2.26 bits per heavy atom. The molecule has 1 aromatic heterocycles. The van der Waals surface area contributed by atoms with Gasteiger partial charge in [-0.25, -0.2) is 0 Å². The van der Waals surface area contributed by atoms with E-state index in [-0.39, 0.29) is 5.56 Å². The van der Waals surface area contributed by atoms with E-state index in [1.165, 1.54) is 7.11 Å². The van der Waals surface area contributed by atoms with Crippen molar-refractivity contribution in [2.75, 3.05) is 13.7 Å². The summed E-state index contributed by atoms with van der Waals surface area (Å²) >= 11 is 0. The summed E-state index contributed by atoms with van der Waals surface area (Å²) in [6, 6.07) is 19.3. The Morgan fingerprint density at radius 2 is 1.68 bits per heavy atom. The zero-order chi connectivity index (χ0) is 24.4. The van der Waals surface area contributed by atoms with Gasteiger partial charge in [0.15, 0.2) is 6.23 Å². The fourth-order valence-corrected chi connectivity index (χ4v) is 4.11. The molecule has 1 saturated heterocycles. The maximum absolute atomic E-state index is 13.7. The van der Waals surface area contributed by atoms with Crippen molar-refractivity contribution in [1.82, 2.24) is 4.57 Å². The minimum absolute atomic E-state index is 0.180. The third-order valence-corrected chi connectivity index (χ3v) is 5.95. The number of methoxy groups -OCH3 is 1. The first-order chi connectivity index (χ1) is 16.4. The van der Waals surface area contributed by atoms with Gasteiger partial charge in [0.1, 0.15) is 41.8 Å². The molecule has 9 heteroatoms. The molecule has 0 unspecified atom stereocenters. The minimum Gasteiger partial charge on any atom is -0.497 e. The Balaban J connectivity index is 2.00. The van der Waals surface area contributed by atoms with E-state index >= 15 is 0 Å². The monoisotopic (exact) mass is 464 g/mol. The summed E-state index contributed by atoms with van der Waals surface area (Å²) in [5.41, 5.74) is 0.956. The molecule has 1 aliphatic rings. The first-order valence-corrected chi connectivity index (χ1v) is 10.6. The Bertz CT molecular complexity index is 1250. The molecule has 1 fully saturated rings. The molecule has 4 N–H and O–H groups in total. The predicted octanol–water partition coefficient (Wildman–Crippen LogP) is 1.03. The SMILES string of the molecule is COc1ccc(-c2cc(-c3ccccc3)c(C#N)c(=O)n2[C@@H]2O[C@@H](CO)[C@@H](O)[C@@H](O)[C@@H]2O)cc1. The standard InChI is InChI=1S/C25H24N2O7/c1-33-16-9-7-15(8-10-16)19-11-17(14-5-3-2-4-6-14)18(12-26)24(32)27(19)25-23(31)22(30)21(29)20(13-28)34-25/h2-11,20-23,25,28-31H,13H2,1H3/t20-,21+,22+,23-,25+/m0/s1. The highest BCUT2D eigenvalue weighted by Crippen LogP contribution is 2.34. The summed E-state index contributed by atoms with van der Waals surface area (Å²) in [6.07, 6.45) is -7.68. The van der Waals surface area contributed by atoms with Crippen molar-refractivity contribution in [2.24, 2.45) is 0 Å². The van der Waals surface area contributed by atoms with Crippen molar-refractivity contribution in [3.8, 4) is 34.2 Å². The van der Waals surface area contributed by atoms with Crippen LogP contribution in [0.25, 0.3) is 22.4 Å². The van der Waals surface area contributed by atoms with E-state index in [1.807, 2.05) is 12.1 Å². The summed E-state index contributed by atoms with van der Waals surface area (Å²) in [5.74, 6) is 0.586. The van der Waals surface area contributed by atoms with Crippen LogP contribution in [0.15, 0.2) is 65.5 Å². The van der Waals surface area contributed by atoms with Gasteiger partial charge in [0.25, 0.3) is 5.56 Å². The first kappa shape index (κ1) is 23.6. The molecule has 0 aliphatic carbocycles. The number of nitrogens with zero attached hydrogens (tertiary/aromatic N) is 2. The van der Waals surface area contributed by atoms with Gasteiger partial charge in [-0.05, 0) is 41.5 Å². The number of aromatic nitrogens is 1. The van der Waals surface area contributed by atoms with E-state index in [2.05, 4.69) is 0 Å². The van der Waals surface area contributed by atoms with E-state index in [0.29, 0.717) is 28.1 Å². The Kier molecular flexibility index (Phi) is 6.79. The lowest BCUT2D eigenvalue weighted by Gasteiger charge is -2.41. The van der Waals surface area contributed by atoms with E-state index in [1.54, 1.807) is 54.6 Å². The molecule has 9 nitrogen and oxygen atoms in total. The summed E-state index contributed by atoms with van der Waals surface area (Å²) in [5, 5.41) is 50.7. The molecule has 5 atom stereocenters. The quantitative estimate of drug-likeness (QED) is 0.438. The van der Waals surface area contributed by atoms with E-state index in [4.69, 9.17) is 9.47 Å². The van der Waals surface area contributed by atoms with Gasteiger partial charge in [0, 0.05) is 5.56 Å². The van der Waals surface area contributed by atoms with Crippen molar-refractivity contribution in [1.29, 1.82) is 5.26 Å². The van der Waals surface area contributed by atoms with Crippen LogP contribution in [0.5, 0.6) is 5.75 Å². The van der Waals surface area contributed by atoms with Crippen LogP contribution in [-0.4, -0.2) is 63.1 Å². The van der Waals surface area contributed by atoms with Gasteiger partial charge in [-0.2, -0.15) is 5.26 Å². The molecule has 4 rings (SSSR count). The highest BCUT2D eigenvalue weighted by molar-refractivity contribution is 5.75. The van der Waals surface area contributed by atoms with Crippen LogP contribution >= 0.6 is 0 Å². The molecule has 176 valence electrons. The molecule has 3 aromatic rings. The van der Waals surface area contributed by atoms with Crippen molar-refractivity contribution in [2.45, 2.75) is 30.6 Å². The van der Waals surface area contributed by atoms with Crippen molar-refractivity contribution in [3.63, 3.8) is 0 Å². The molecule has 0 saturated carbocycles. The fraction of sp³-hybridized carbons (Fsp3) is 0.280. The highest BCUT2D eigenvalue weighted by Gasteiger charge is 2.45. The summed E-state index contributed by atoms with van der Waals surface area (Å²) in [7, 11) is 1.52. The third kappa shape index (κ3) is 4.09. The lowest BCUT2D eigenvalue weighted by atomic mass is 9.95. The van der Waals surface area contributed by atoms with Crippen LogP contribution in [0.2, 0.25) is 0 Å². The highest BCUT2D eigenvalue weighted by atomic mass is 16.6. The van der Waals surface area contributed by atoms with Crippen LogP contribution in [0, 0.1) is 11.3 Å². The van der Waals surface area contributed by atoms with Crippen molar-refractivity contribution < 1.29 is 29.9 Å². The number of benzene rings is 2. The third-order valence-electron chi connectivity index (χ3n) is 5.95. The minimum atomic E-state index is -1.71. The molecule has 2 aromatic carbocycles. The van der Waals surface area contributed by atoms with Crippen LogP contribution in [-0.2, 0) is 4.74 Å². The fourth-order valence-electron chi connectivity index (χ4n) is 4.11. The second-order valence-corrected chi connectivity index (χ2v) is 7.92. The summed E-state index contributed by atoms with van der Waals surface area (Å²) in [6.45, 7) is -0.652. The Morgan fingerprint density at radius 1 is 1.00 bits per heavy atom. The topological polar surface area (TPSA) is 145 Å². The number of ether oxygens (including phenoxy) is 2. The largest absolute Gasteiger partial charge is 0.497 e. The van der Waals surface area contributed by atoms with Gasteiger partial charge in [-0.1, -0.05) is 30.3 Å². The van der Waals surface area contributed by atoms with E-state index in [0.717, 1.165) is 4.57 Å². The molecule has 0 bridgehead atoms. The van der Waals surface area contributed by atoms with Crippen LogP contribution in [0.1, 0.15) is 11.8 Å². The average Bonchev–Trinajstić information content (AvgIpc) is 2.88. The normalized spacial score (nSPS) is 24.4. The maximum Gasteiger partial charge on any atom is 0.271 e. The summed E-state index contributed by atoms with van der Waals surface area (Å²) in [4.78, 5) is 13.7. The summed E-state index contributed by atoms with van der Waals surface area (Å²) < 4.78 is 12.0. The second kappa shape index (κ2) is 9.77. The predicted molar refractivity (Wildman–Crippen MR) is 122 cm³/mol. The lowest BCUT2D eigenvalue weighted by Crippen LogP contribution is -2.57. The van der Waals surface area contributed by atoms with Gasteiger partial charge in [0.05, 0.1) is 19.4 Å². The van der Waals surface area contributed by atoms with Gasteiger partial charge in [-0.3, -0.25) is 9.36 Å². The van der Waals surface area contributed by atoms with Gasteiger partial charge < -0.3 is 29.9 Å². The van der Waals surface area contributed by atoms with Gasteiger partial charge in [0.2, 0.25) is 0 Å².